The van der Waals surface area contributed by atoms with E-state index in [0.29, 0.717) is 10.0 Å². The molecule has 1 aromatic heterocycles. The molecule has 0 radical (unpaired) electrons. The van der Waals surface area contributed by atoms with Crippen molar-refractivity contribution in [3.8, 4) is 0 Å². The van der Waals surface area contributed by atoms with Crippen LogP contribution in [0.2, 0.25) is 10.0 Å². The summed E-state index contributed by atoms with van der Waals surface area (Å²) < 4.78 is 5.60. The van der Waals surface area contributed by atoms with Gasteiger partial charge in [-0.25, -0.2) is 4.98 Å². The number of aryl methyl sites for hydroxylation is 1. The summed E-state index contributed by atoms with van der Waals surface area (Å²) in [6, 6.07) is 6.09. The van der Waals surface area contributed by atoms with Gasteiger partial charge in [-0.3, -0.25) is 0 Å². The van der Waals surface area contributed by atoms with Gasteiger partial charge in [-0.1, -0.05) is 29.3 Å². The first-order chi connectivity index (χ1) is 10.6. The van der Waals surface area contributed by atoms with Gasteiger partial charge < -0.3 is 9.73 Å². The molecule has 2 aliphatic rings. The van der Waals surface area contributed by atoms with Gasteiger partial charge in [0.2, 0.25) is 0 Å². The minimum atomic E-state index is 0.186. The third-order valence-corrected chi connectivity index (χ3v) is 6.28. The third-order valence-electron chi connectivity index (χ3n) is 5.54. The molecule has 1 aliphatic heterocycles. The van der Waals surface area contributed by atoms with Gasteiger partial charge in [-0.05, 0) is 44.0 Å². The van der Waals surface area contributed by atoms with Crippen molar-refractivity contribution in [1.29, 1.82) is 0 Å². The Balaban J connectivity index is 1.71. The van der Waals surface area contributed by atoms with Gasteiger partial charge >= 0.3 is 0 Å². The lowest BCUT2D eigenvalue weighted by Crippen LogP contribution is -2.39. The van der Waals surface area contributed by atoms with Gasteiger partial charge in [0.25, 0.3) is 0 Å². The van der Waals surface area contributed by atoms with E-state index in [0.717, 1.165) is 43.8 Å². The molecule has 22 heavy (non-hydrogen) atoms. The first-order valence-electron chi connectivity index (χ1n) is 7.62. The Bertz CT molecular complexity index is 729. The van der Waals surface area contributed by atoms with Crippen molar-refractivity contribution in [3.05, 3.63) is 51.7 Å². The van der Waals surface area contributed by atoms with E-state index in [9.17, 15) is 0 Å². The Kier molecular flexibility index (Phi) is 3.30. The highest BCUT2D eigenvalue weighted by Crippen LogP contribution is 2.69. The zero-order valence-electron chi connectivity index (χ0n) is 12.5. The molecule has 5 heteroatoms. The van der Waals surface area contributed by atoms with Crippen molar-refractivity contribution in [1.82, 2.24) is 10.3 Å². The second kappa shape index (κ2) is 4.98. The summed E-state index contributed by atoms with van der Waals surface area (Å²) in [5, 5.41) is 4.81. The van der Waals surface area contributed by atoms with Crippen LogP contribution >= 0.6 is 23.2 Å². The highest BCUT2D eigenvalue weighted by molar-refractivity contribution is 6.42. The minimum Gasteiger partial charge on any atom is -0.448 e. The Hall–Kier alpha value is -1.03. The highest BCUT2D eigenvalue weighted by Gasteiger charge is 2.68. The van der Waals surface area contributed by atoms with E-state index in [4.69, 9.17) is 27.6 Å². The van der Waals surface area contributed by atoms with Crippen LogP contribution in [0.15, 0.2) is 29.0 Å². The van der Waals surface area contributed by atoms with E-state index >= 15 is 0 Å². The molecule has 2 heterocycles. The Morgan fingerprint density at radius 3 is 2.91 bits per heavy atom. The molecule has 2 aromatic rings. The van der Waals surface area contributed by atoms with Crippen LogP contribution in [-0.2, 0) is 11.8 Å². The number of oxazole rings is 1. The number of hydrogen-bond donors (Lipinski definition) is 1. The number of piperidine rings is 1. The summed E-state index contributed by atoms with van der Waals surface area (Å²) in [4.78, 5) is 4.23. The molecule has 2 atom stereocenters. The summed E-state index contributed by atoms with van der Waals surface area (Å²) in [6.45, 7) is 4.06. The molecule has 1 aliphatic carbocycles. The molecule has 4 rings (SSSR count). The number of benzene rings is 1. The van der Waals surface area contributed by atoms with E-state index in [2.05, 4.69) is 16.4 Å². The summed E-state index contributed by atoms with van der Waals surface area (Å²) in [7, 11) is 0. The zero-order chi connectivity index (χ0) is 15.4. The molecule has 116 valence electrons. The highest BCUT2D eigenvalue weighted by atomic mass is 35.5. The van der Waals surface area contributed by atoms with Crippen molar-refractivity contribution in [2.45, 2.75) is 31.6 Å². The van der Waals surface area contributed by atoms with E-state index < -0.39 is 0 Å². The topological polar surface area (TPSA) is 38.1 Å². The number of hydrogen-bond acceptors (Lipinski definition) is 3. The predicted molar refractivity (Wildman–Crippen MR) is 87.6 cm³/mol. The van der Waals surface area contributed by atoms with Crippen molar-refractivity contribution < 1.29 is 4.42 Å². The number of nitrogens with one attached hydrogen (secondary N) is 1. The molecule has 1 N–H and O–H groups in total. The second-order valence-electron chi connectivity index (χ2n) is 6.63. The Morgan fingerprint density at radius 2 is 2.18 bits per heavy atom. The molecule has 3 nitrogen and oxygen atoms in total. The average Bonchev–Trinajstić information content (AvgIpc) is 3.03. The SMILES string of the molecule is Cc1ncoc1CC12CNCCC1(c1ccc(Cl)c(Cl)c1)C2. The monoisotopic (exact) mass is 336 g/mol. The first kappa shape index (κ1) is 14.6. The van der Waals surface area contributed by atoms with E-state index in [1.165, 1.54) is 5.56 Å². The fourth-order valence-corrected chi connectivity index (χ4v) is 4.49. The molecular weight excluding hydrogens is 319 g/mol. The molecule has 1 aromatic carbocycles. The first-order valence-corrected chi connectivity index (χ1v) is 8.37. The normalized spacial score (nSPS) is 30.1. The fraction of sp³-hybridized carbons (Fsp3) is 0.471. The van der Waals surface area contributed by atoms with E-state index in [1.54, 1.807) is 6.39 Å². The Morgan fingerprint density at radius 1 is 1.32 bits per heavy atom. The largest absolute Gasteiger partial charge is 0.448 e. The van der Waals surface area contributed by atoms with E-state index in [1.807, 2.05) is 19.1 Å². The maximum atomic E-state index is 6.25. The van der Waals surface area contributed by atoms with Crippen LogP contribution in [0.3, 0.4) is 0 Å². The van der Waals surface area contributed by atoms with Gasteiger partial charge in [0.1, 0.15) is 5.76 Å². The van der Waals surface area contributed by atoms with Crippen LogP contribution in [0.25, 0.3) is 0 Å². The molecule has 0 amide bonds. The van der Waals surface area contributed by atoms with Gasteiger partial charge in [0.05, 0.1) is 15.7 Å². The molecule has 0 spiro atoms. The van der Waals surface area contributed by atoms with Gasteiger partial charge in [-0.2, -0.15) is 0 Å². The lowest BCUT2D eigenvalue weighted by Gasteiger charge is -2.31. The third kappa shape index (κ3) is 2.03. The lowest BCUT2D eigenvalue weighted by atomic mass is 9.79. The van der Waals surface area contributed by atoms with Crippen LogP contribution in [-0.4, -0.2) is 18.1 Å². The summed E-state index contributed by atoms with van der Waals surface area (Å²) in [5.41, 5.74) is 2.69. The fourth-order valence-electron chi connectivity index (χ4n) is 4.19. The number of halogens is 2. The number of aromatic nitrogens is 1. The predicted octanol–water partition coefficient (Wildman–Crippen LogP) is 4.15. The molecule has 0 bridgehead atoms. The number of fused-ring (bicyclic) bond motifs is 1. The zero-order valence-corrected chi connectivity index (χ0v) is 14.0. The van der Waals surface area contributed by atoms with Crippen LogP contribution < -0.4 is 5.32 Å². The van der Waals surface area contributed by atoms with Crippen LogP contribution in [0.1, 0.15) is 29.9 Å². The quantitative estimate of drug-likeness (QED) is 0.914. The molecule has 2 unspecified atom stereocenters. The number of rotatable bonds is 3. The summed E-state index contributed by atoms with van der Waals surface area (Å²) >= 11 is 12.3. The molecule has 1 saturated carbocycles. The maximum absolute atomic E-state index is 6.25. The van der Waals surface area contributed by atoms with Gasteiger partial charge in [0, 0.05) is 23.8 Å². The average molecular weight is 337 g/mol. The van der Waals surface area contributed by atoms with E-state index in [-0.39, 0.29) is 10.8 Å². The maximum Gasteiger partial charge on any atom is 0.181 e. The lowest BCUT2D eigenvalue weighted by molar-refractivity contribution is 0.300. The van der Waals surface area contributed by atoms with Crippen LogP contribution in [0, 0.1) is 12.3 Å². The Labute approximate surface area is 140 Å². The summed E-state index contributed by atoms with van der Waals surface area (Å²) in [5.74, 6) is 1.01. The van der Waals surface area contributed by atoms with Crippen LogP contribution in [0.5, 0.6) is 0 Å². The van der Waals surface area contributed by atoms with Crippen molar-refractivity contribution >= 4 is 23.2 Å². The molecule has 2 fully saturated rings. The molecular formula is C17H18Cl2N2O. The van der Waals surface area contributed by atoms with Crippen molar-refractivity contribution in [3.63, 3.8) is 0 Å². The van der Waals surface area contributed by atoms with Gasteiger partial charge in [0.15, 0.2) is 6.39 Å². The van der Waals surface area contributed by atoms with Crippen molar-refractivity contribution in [2.24, 2.45) is 5.41 Å². The smallest absolute Gasteiger partial charge is 0.181 e. The van der Waals surface area contributed by atoms with Crippen molar-refractivity contribution in [2.75, 3.05) is 13.1 Å². The minimum absolute atomic E-state index is 0.186. The second-order valence-corrected chi connectivity index (χ2v) is 7.45. The van der Waals surface area contributed by atoms with Crippen LogP contribution in [0.4, 0.5) is 0 Å². The standard InChI is InChI=1S/C17H18Cl2N2O/c1-11-15(22-10-21-11)7-16-8-17(16,4-5-20-9-16)12-2-3-13(18)14(19)6-12/h2-3,6,10,20H,4-5,7-9H2,1H3. The molecule has 1 saturated heterocycles. The van der Waals surface area contributed by atoms with Gasteiger partial charge in [-0.15, -0.1) is 0 Å². The number of nitrogens with zero attached hydrogens (tertiary/aromatic N) is 1. The summed E-state index contributed by atoms with van der Waals surface area (Å²) in [6.07, 6.45) is 4.75.